The summed E-state index contributed by atoms with van der Waals surface area (Å²) in [7, 11) is -3.63. The Morgan fingerprint density at radius 3 is 2.76 bits per heavy atom. The van der Waals surface area contributed by atoms with E-state index in [0.717, 1.165) is 0 Å². The number of hydrogen-bond acceptors (Lipinski definition) is 3. The minimum Gasteiger partial charge on any atom is -0.395 e. The van der Waals surface area contributed by atoms with Gasteiger partial charge in [-0.2, -0.15) is 13.1 Å². The van der Waals surface area contributed by atoms with Crippen LogP contribution < -0.4 is 9.44 Å². The van der Waals surface area contributed by atoms with Gasteiger partial charge in [-0.1, -0.05) is 18.8 Å². The first-order valence-electron chi connectivity index (χ1n) is 6.61. The van der Waals surface area contributed by atoms with Crippen molar-refractivity contribution in [3.8, 4) is 11.8 Å². The van der Waals surface area contributed by atoms with Crippen molar-refractivity contribution in [1.29, 1.82) is 0 Å². The van der Waals surface area contributed by atoms with Gasteiger partial charge in [0.2, 0.25) is 0 Å². The standard InChI is InChI=1S/C14H19FN2O3S/c1-2-8-16-21(19,20)17-11-13-10-12(5-3-4-9-18)6-7-14(13)15/h6-7,10,16-18H,2,4,8-9,11H2,1H3. The van der Waals surface area contributed by atoms with Gasteiger partial charge in [0.05, 0.1) is 6.61 Å². The average Bonchev–Trinajstić information content (AvgIpc) is 2.46. The maximum absolute atomic E-state index is 13.6. The molecule has 7 heteroatoms. The normalized spacial score (nSPS) is 11.0. The van der Waals surface area contributed by atoms with Crippen LogP contribution >= 0.6 is 0 Å². The van der Waals surface area contributed by atoms with Crippen LogP contribution in [0.1, 0.15) is 30.9 Å². The van der Waals surface area contributed by atoms with Crippen molar-refractivity contribution < 1.29 is 17.9 Å². The molecule has 0 saturated carbocycles. The minimum absolute atomic E-state index is 0.0377. The van der Waals surface area contributed by atoms with E-state index in [1.807, 2.05) is 6.92 Å². The van der Waals surface area contributed by atoms with Gasteiger partial charge in [0.1, 0.15) is 5.82 Å². The molecule has 5 nitrogen and oxygen atoms in total. The van der Waals surface area contributed by atoms with Crippen LogP contribution in [0.25, 0.3) is 0 Å². The summed E-state index contributed by atoms with van der Waals surface area (Å²) in [5.41, 5.74) is 0.785. The van der Waals surface area contributed by atoms with Gasteiger partial charge < -0.3 is 5.11 Å². The summed E-state index contributed by atoms with van der Waals surface area (Å²) < 4.78 is 41.4. The van der Waals surface area contributed by atoms with Crippen LogP contribution in [0, 0.1) is 17.7 Å². The Labute approximate surface area is 124 Å². The van der Waals surface area contributed by atoms with E-state index in [1.54, 1.807) is 0 Å². The van der Waals surface area contributed by atoms with E-state index in [1.165, 1.54) is 18.2 Å². The summed E-state index contributed by atoms with van der Waals surface area (Å²) in [6.45, 7) is 1.98. The van der Waals surface area contributed by atoms with Crippen LogP contribution in [-0.2, 0) is 16.8 Å². The number of hydrogen-bond donors (Lipinski definition) is 3. The predicted octanol–water partition coefficient (Wildman–Crippen LogP) is 0.894. The lowest BCUT2D eigenvalue weighted by Gasteiger charge is -2.08. The molecule has 1 aromatic rings. The van der Waals surface area contributed by atoms with Crippen LogP contribution in [0.15, 0.2) is 18.2 Å². The Morgan fingerprint density at radius 1 is 1.33 bits per heavy atom. The SMILES string of the molecule is CCCNS(=O)(=O)NCc1cc(C#CCCO)ccc1F. The monoisotopic (exact) mass is 314 g/mol. The maximum atomic E-state index is 13.6. The fraction of sp³-hybridized carbons (Fsp3) is 0.429. The third kappa shape index (κ3) is 6.69. The second-order valence-corrected chi connectivity index (χ2v) is 5.88. The van der Waals surface area contributed by atoms with Crippen LogP contribution in [0.2, 0.25) is 0 Å². The Bertz CT molecular complexity index is 621. The topological polar surface area (TPSA) is 78.4 Å². The zero-order valence-electron chi connectivity index (χ0n) is 11.8. The van der Waals surface area contributed by atoms with Crippen LogP contribution in [-0.4, -0.2) is 26.7 Å². The molecular formula is C14H19FN2O3S. The maximum Gasteiger partial charge on any atom is 0.277 e. The van der Waals surface area contributed by atoms with E-state index in [9.17, 15) is 12.8 Å². The van der Waals surface area contributed by atoms with Crippen molar-refractivity contribution in [3.63, 3.8) is 0 Å². The number of rotatable bonds is 7. The smallest absolute Gasteiger partial charge is 0.277 e. The Hall–Kier alpha value is -1.46. The first-order chi connectivity index (χ1) is 9.98. The van der Waals surface area contributed by atoms with Crippen LogP contribution in [0.5, 0.6) is 0 Å². The highest BCUT2D eigenvalue weighted by atomic mass is 32.2. The van der Waals surface area contributed by atoms with E-state index in [-0.39, 0.29) is 18.7 Å². The predicted molar refractivity (Wildman–Crippen MR) is 79.0 cm³/mol. The van der Waals surface area contributed by atoms with E-state index in [0.29, 0.717) is 24.9 Å². The molecule has 0 radical (unpaired) electrons. The van der Waals surface area contributed by atoms with Crippen LogP contribution in [0.3, 0.4) is 0 Å². The van der Waals surface area contributed by atoms with Gasteiger partial charge in [-0.15, -0.1) is 0 Å². The quantitative estimate of drug-likeness (QED) is 0.654. The molecule has 21 heavy (non-hydrogen) atoms. The fourth-order valence-corrected chi connectivity index (χ4v) is 2.39. The second-order valence-electron chi connectivity index (χ2n) is 4.30. The molecule has 0 spiro atoms. The number of nitrogens with one attached hydrogen (secondary N) is 2. The van der Waals surface area contributed by atoms with E-state index in [4.69, 9.17) is 5.11 Å². The molecule has 1 aromatic carbocycles. The van der Waals surface area contributed by atoms with Gasteiger partial charge in [-0.05, 0) is 24.6 Å². The number of aliphatic hydroxyl groups is 1. The Balaban J connectivity index is 2.75. The molecule has 1 rings (SSSR count). The zero-order valence-corrected chi connectivity index (χ0v) is 12.6. The molecule has 0 aliphatic rings. The molecule has 0 atom stereocenters. The van der Waals surface area contributed by atoms with Crippen molar-refractivity contribution >= 4 is 10.2 Å². The van der Waals surface area contributed by atoms with Gasteiger partial charge >= 0.3 is 0 Å². The van der Waals surface area contributed by atoms with Crippen LogP contribution in [0.4, 0.5) is 4.39 Å². The van der Waals surface area contributed by atoms with Gasteiger partial charge in [-0.25, -0.2) is 9.11 Å². The molecule has 0 aliphatic carbocycles. The highest BCUT2D eigenvalue weighted by Gasteiger charge is 2.10. The van der Waals surface area contributed by atoms with Crippen molar-refractivity contribution in [1.82, 2.24) is 9.44 Å². The van der Waals surface area contributed by atoms with E-state index >= 15 is 0 Å². The van der Waals surface area contributed by atoms with Gasteiger partial charge in [0.25, 0.3) is 10.2 Å². The Morgan fingerprint density at radius 2 is 2.10 bits per heavy atom. The fourth-order valence-electron chi connectivity index (χ4n) is 1.47. The third-order valence-corrected chi connectivity index (χ3v) is 3.62. The van der Waals surface area contributed by atoms with Crippen molar-refractivity contribution in [2.24, 2.45) is 0 Å². The van der Waals surface area contributed by atoms with Gasteiger partial charge in [0.15, 0.2) is 0 Å². The number of halogens is 1. The first kappa shape index (κ1) is 17.6. The molecule has 0 bridgehead atoms. The summed E-state index contributed by atoms with van der Waals surface area (Å²) in [5.74, 6) is 5.00. The number of aliphatic hydroxyl groups excluding tert-OH is 1. The third-order valence-electron chi connectivity index (χ3n) is 2.51. The second kappa shape index (κ2) is 8.74. The minimum atomic E-state index is -3.63. The summed E-state index contributed by atoms with van der Waals surface area (Å²) in [5, 5.41) is 8.64. The molecule has 0 fully saturated rings. The first-order valence-corrected chi connectivity index (χ1v) is 8.09. The molecule has 0 heterocycles. The summed E-state index contributed by atoms with van der Waals surface area (Å²) in [6, 6.07) is 4.24. The lowest BCUT2D eigenvalue weighted by Crippen LogP contribution is -2.36. The molecule has 0 unspecified atom stereocenters. The van der Waals surface area contributed by atoms with Crippen molar-refractivity contribution in [2.45, 2.75) is 26.3 Å². The Kier molecular flexibility index (Phi) is 7.32. The largest absolute Gasteiger partial charge is 0.395 e. The summed E-state index contributed by atoms with van der Waals surface area (Å²) >= 11 is 0. The molecule has 0 aromatic heterocycles. The van der Waals surface area contributed by atoms with Gasteiger partial charge in [-0.3, -0.25) is 0 Å². The van der Waals surface area contributed by atoms with E-state index < -0.39 is 16.0 Å². The zero-order chi connectivity index (χ0) is 15.7. The molecule has 3 N–H and O–H groups in total. The average molecular weight is 314 g/mol. The molecule has 0 saturated heterocycles. The molecule has 0 amide bonds. The summed E-state index contributed by atoms with van der Waals surface area (Å²) in [6.07, 6.45) is 1.01. The lowest BCUT2D eigenvalue weighted by molar-refractivity contribution is 0.305. The molecular weight excluding hydrogens is 295 g/mol. The van der Waals surface area contributed by atoms with Crippen molar-refractivity contribution in [3.05, 3.63) is 35.1 Å². The molecule has 116 valence electrons. The number of benzene rings is 1. The lowest BCUT2D eigenvalue weighted by atomic mass is 10.1. The highest BCUT2D eigenvalue weighted by Crippen LogP contribution is 2.10. The van der Waals surface area contributed by atoms with Crippen molar-refractivity contribution in [2.75, 3.05) is 13.2 Å². The van der Waals surface area contributed by atoms with Gasteiger partial charge in [0, 0.05) is 30.6 Å². The molecule has 0 aliphatic heterocycles. The summed E-state index contributed by atoms with van der Waals surface area (Å²) in [4.78, 5) is 0. The van der Waals surface area contributed by atoms with E-state index in [2.05, 4.69) is 21.3 Å². The highest BCUT2D eigenvalue weighted by molar-refractivity contribution is 7.87.